The van der Waals surface area contributed by atoms with Crippen LogP contribution >= 0.6 is 0 Å². The molecule has 1 fully saturated rings. The Balaban J connectivity index is 1.66. The molecule has 0 aliphatic heterocycles. The summed E-state index contributed by atoms with van der Waals surface area (Å²) in [5.41, 5.74) is 4.87. The zero-order chi connectivity index (χ0) is 14.1. The first-order valence-corrected chi connectivity index (χ1v) is 8.21. The molecule has 0 radical (unpaired) electrons. The van der Waals surface area contributed by atoms with Crippen LogP contribution in [0.4, 0.5) is 0 Å². The lowest BCUT2D eigenvalue weighted by atomic mass is 9.94. The van der Waals surface area contributed by atoms with Gasteiger partial charge in [-0.1, -0.05) is 77.9 Å². The third-order valence-electron chi connectivity index (χ3n) is 5.15. The van der Waals surface area contributed by atoms with Crippen molar-refractivity contribution in [2.45, 2.75) is 31.6 Å². The summed E-state index contributed by atoms with van der Waals surface area (Å²) in [6, 6.07) is 11.1. The summed E-state index contributed by atoms with van der Waals surface area (Å²) in [5, 5.41) is 0. The van der Waals surface area contributed by atoms with E-state index in [1.807, 2.05) is 0 Å². The average Bonchev–Trinajstić information content (AvgIpc) is 3.33. The molecule has 21 heavy (non-hydrogen) atoms. The fraction of sp³-hybridized carbons (Fsp3) is 0.333. The van der Waals surface area contributed by atoms with Gasteiger partial charge in [-0.25, -0.2) is 0 Å². The van der Waals surface area contributed by atoms with E-state index >= 15 is 0 Å². The molecular weight excluding hydrogens is 252 g/mol. The van der Waals surface area contributed by atoms with Gasteiger partial charge in [0.2, 0.25) is 0 Å². The summed E-state index contributed by atoms with van der Waals surface area (Å²) in [7, 11) is 0. The molecule has 106 valence electrons. The number of hydrogen-bond acceptors (Lipinski definition) is 0. The Labute approximate surface area is 127 Å². The Bertz CT molecular complexity index is 589. The summed E-state index contributed by atoms with van der Waals surface area (Å²) < 4.78 is 0. The molecule has 2 unspecified atom stereocenters. The van der Waals surface area contributed by atoms with E-state index in [2.05, 4.69) is 66.8 Å². The van der Waals surface area contributed by atoms with E-state index in [4.69, 9.17) is 0 Å². The number of allylic oxidation sites excluding steroid dienone is 8. The highest BCUT2D eigenvalue weighted by Gasteiger charge is 2.53. The second-order valence-corrected chi connectivity index (χ2v) is 6.40. The van der Waals surface area contributed by atoms with E-state index in [0.29, 0.717) is 5.92 Å². The molecule has 0 heteroatoms. The molecule has 2 atom stereocenters. The van der Waals surface area contributed by atoms with Crippen molar-refractivity contribution in [3.8, 4) is 0 Å². The molecule has 0 heterocycles. The highest BCUT2D eigenvalue weighted by molar-refractivity contribution is 5.43. The molecular formula is C21H22. The Morgan fingerprint density at radius 1 is 0.667 bits per heavy atom. The van der Waals surface area contributed by atoms with Gasteiger partial charge in [-0.3, -0.25) is 0 Å². The molecule has 1 aromatic rings. The first-order chi connectivity index (χ1) is 10.4. The predicted octanol–water partition coefficient (Wildman–Crippen LogP) is 5.57. The van der Waals surface area contributed by atoms with Gasteiger partial charge in [0, 0.05) is 0 Å². The van der Waals surface area contributed by atoms with Gasteiger partial charge >= 0.3 is 0 Å². The van der Waals surface area contributed by atoms with Crippen LogP contribution < -0.4 is 0 Å². The third-order valence-corrected chi connectivity index (χ3v) is 5.15. The van der Waals surface area contributed by atoms with Crippen LogP contribution in [0.2, 0.25) is 0 Å². The lowest BCUT2D eigenvalue weighted by Crippen LogP contribution is -1.96. The molecule has 0 nitrogen and oxygen atoms in total. The second-order valence-electron chi connectivity index (χ2n) is 6.40. The van der Waals surface area contributed by atoms with Crippen molar-refractivity contribution < 1.29 is 0 Å². The van der Waals surface area contributed by atoms with Crippen molar-refractivity contribution in [3.05, 3.63) is 83.5 Å². The van der Waals surface area contributed by atoms with Crippen LogP contribution in [-0.4, -0.2) is 0 Å². The molecule has 0 bridgehead atoms. The first-order valence-electron chi connectivity index (χ1n) is 8.21. The molecule has 0 saturated heterocycles. The second kappa shape index (κ2) is 5.52. The maximum absolute atomic E-state index is 2.38. The molecule has 4 rings (SSSR count). The molecule has 0 amide bonds. The smallest absolute Gasteiger partial charge is 0.00186 e. The van der Waals surface area contributed by atoms with E-state index in [1.54, 1.807) is 11.1 Å². The van der Waals surface area contributed by atoms with Crippen molar-refractivity contribution in [1.82, 2.24) is 0 Å². The van der Waals surface area contributed by atoms with E-state index in [0.717, 1.165) is 11.8 Å². The minimum atomic E-state index is 0.710. The van der Waals surface area contributed by atoms with Crippen LogP contribution in [0.15, 0.2) is 77.9 Å². The van der Waals surface area contributed by atoms with E-state index in [-0.39, 0.29) is 0 Å². The third kappa shape index (κ3) is 2.44. The van der Waals surface area contributed by atoms with Crippen molar-refractivity contribution in [2.24, 2.45) is 11.8 Å². The van der Waals surface area contributed by atoms with Crippen LogP contribution in [0.25, 0.3) is 0 Å². The van der Waals surface area contributed by atoms with Crippen molar-refractivity contribution in [2.75, 3.05) is 0 Å². The minimum Gasteiger partial charge on any atom is -0.0842 e. The maximum Gasteiger partial charge on any atom is -0.00186 e. The topological polar surface area (TPSA) is 0 Å². The average molecular weight is 274 g/mol. The van der Waals surface area contributed by atoms with Gasteiger partial charge < -0.3 is 0 Å². The highest BCUT2D eigenvalue weighted by atomic mass is 14.6. The summed E-state index contributed by atoms with van der Waals surface area (Å²) in [6.07, 6.45) is 18.8. The SMILES string of the molecule is C1=CCCC(C2C(C3=CC=CCC3)C2c2ccccc2)=C1. The standard InChI is InChI=1S/C21H22/c1-4-10-16(11-5-1)19-20(17-12-6-2-7-13-17)21(19)18-14-8-3-9-15-18/h1-6,8,10-12,14,19-21H,7,9,13,15H2. The van der Waals surface area contributed by atoms with Crippen molar-refractivity contribution >= 4 is 0 Å². The lowest BCUT2D eigenvalue weighted by molar-refractivity contribution is 0.763. The molecule has 3 aliphatic rings. The van der Waals surface area contributed by atoms with Crippen molar-refractivity contribution in [3.63, 3.8) is 0 Å². The van der Waals surface area contributed by atoms with E-state index in [1.165, 1.54) is 31.2 Å². The van der Waals surface area contributed by atoms with Gasteiger partial charge in [-0.2, -0.15) is 0 Å². The first kappa shape index (κ1) is 12.9. The predicted molar refractivity (Wildman–Crippen MR) is 89.1 cm³/mol. The Kier molecular flexibility index (Phi) is 3.39. The lowest BCUT2D eigenvalue weighted by Gasteiger charge is -2.11. The van der Waals surface area contributed by atoms with Gasteiger partial charge in [-0.15, -0.1) is 0 Å². The van der Waals surface area contributed by atoms with E-state index < -0.39 is 0 Å². The van der Waals surface area contributed by atoms with Crippen molar-refractivity contribution in [1.29, 1.82) is 0 Å². The van der Waals surface area contributed by atoms with E-state index in [9.17, 15) is 0 Å². The number of hydrogen-bond donors (Lipinski definition) is 0. The van der Waals surface area contributed by atoms with Crippen LogP contribution in [0.5, 0.6) is 0 Å². The van der Waals surface area contributed by atoms with Gasteiger partial charge in [0.05, 0.1) is 0 Å². The molecule has 1 saturated carbocycles. The Morgan fingerprint density at radius 3 is 1.71 bits per heavy atom. The summed E-state index contributed by atoms with van der Waals surface area (Å²) in [4.78, 5) is 0. The molecule has 0 spiro atoms. The zero-order valence-corrected chi connectivity index (χ0v) is 12.4. The molecule has 0 N–H and O–H groups in total. The number of benzene rings is 1. The van der Waals surface area contributed by atoms with Crippen LogP contribution in [-0.2, 0) is 0 Å². The Hall–Kier alpha value is -1.82. The van der Waals surface area contributed by atoms with Gasteiger partial charge in [-0.05, 0) is 49.0 Å². The van der Waals surface area contributed by atoms with Crippen LogP contribution in [0.1, 0.15) is 37.2 Å². The molecule has 3 aliphatic carbocycles. The zero-order valence-electron chi connectivity index (χ0n) is 12.4. The quantitative estimate of drug-likeness (QED) is 0.676. The fourth-order valence-corrected chi connectivity index (χ4v) is 4.12. The van der Waals surface area contributed by atoms with Gasteiger partial charge in [0.15, 0.2) is 0 Å². The monoisotopic (exact) mass is 274 g/mol. The van der Waals surface area contributed by atoms with Crippen LogP contribution in [0.3, 0.4) is 0 Å². The van der Waals surface area contributed by atoms with Crippen LogP contribution in [0, 0.1) is 11.8 Å². The number of rotatable bonds is 3. The normalized spacial score (nSPS) is 30.8. The minimum absolute atomic E-state index is 0.710. The summed E-state index contributed by atoms with van der Waals surface area (Å²) in [5.74, 6) is 2.20. The maximum atomic E-state index is 2.38. The summed E-state index contributed by atoms with van der Waals surface area (Å²) in [6.45, 7) is 0. The Morgan fingerprint density at radius 2 is 1.24 bits per heavy atom. The molecule has 0 aromatic heterocycles. The largest absolute Gasteiger partial charge is 0.0842 e. The van der Waals surface area contributed by atoms with Gasteiger partial charge in [0.1, 0.15) is 0 Å². The molecule has 1 aromatic carbocycles. The highest BCUT2D eigenvalue weighted by Crippen LogP contribution is 2.62. The fourth-order valence-electron chi connectivity index (χ4n) is 4.12. The summed E-state index contributed by atoms with van der Waals surface area (Å²) >= 11 is 0. The van der Waals surface area contributed by atoms with Gasteiger partial charge in [0.25, 0.3) is 0 Å².